The first-order valence-corrected chi connectivity index (χ1v) is 5.13. The number of anilines is 1. The molecule has 0 spiro atoms. The number of nitrogens with zero attached hydrogens (tertiary/aromatic N) is 2. The van der Waals surface area contributed by atoms with Gasteiger partial charge in [0.15, 0.2) is 5.58 Å². The Balaban J connectivity index is 2.16. The molecule has 2 aromatic rings. The zero-order valence-electron chi connectivity index (χ0n) is 9.25. The van der Waals surface area contributed by atoms with Gasteiger partial charge in [-0.25, -0.2) is 0 Å². The largest absolute Gasteiger partial charge is 0.423 e. The summed E-state index contributed by atoms with van der Waals surface area (Å²) in [5, 5.41) is 13.3. The second-order valence-corrected chi connectivity index (χ2v) is 3.57. The summed E-state index contributed by atoms with van der Waals surface area (Å²) >= 11 is 0. The van der Waals surface area contributed by atoms with Crippen molar-refractivity contribution in [3.63, 3.8) is 0 Å². The minimum Gasteiger partial charge on any atom is -0.423 e. The Labute approximate surface area is 101 Å². The van der Waals surface area contributed by atoms with Crippen molar-refractivity contribution in [2.24, 2.45) is 5.73 Å². The van der Waals surface area contributed by atoms with E-state index in [1.54, 1.807) is 0 Å². The van der Waals surface area contributed by atoms with E-state index in [1.807, 2.05) is 0 Å². The molecule has 0 aliphatic rings. The van der Waals surface area contributed by atoms with Gasteiger partial charge in [-0.2, -0.15) is 4.98 Å². The maximum absolute atomic E-state index is 10.6. The SMILES string of the molecule is NC(=O)CCNc1nc2ccc([N+](=O)[O-])cc2o1. The summed E-state index contributed by atoms with van der Waals surface area (Å²) in [5.41, 5.74) is 5.73. The molecule has 0 aliphatic carbocycles. The zero-order valence-corrected chi connectivity index (χ0v) is 9.25. The fourth-order valence-corrected chi connectivity index (χ4v) is 1.40. The standard InChI is InChI=1S/C10H10N4O4/c11-9(15)3-4-12-10-13-7-2-1-6(14(16)17)5-8(7)18-10/h1-2,5H,3-4H2,(H2,11,15)(H,12,13). The first-order valence-electron chi connectivity index (χ1n) is 5.13. The predicted molar refractivity (Wildman–Crippen MR) is 63.0 cm³/mol. The van der Waals surface area contributed by atoms with E-state index < -0.39 is 10.8 Å². The van der Waals surface area contributed by atoms with Gasteiger partial charge >= 0.3 is 0 Å². The van der Waals surface area contributed by atoms with Gasteiger partial charge in [0.2, 0.25) is 5.91 Å². The van der Waals surface area contributed by atoms with Crippen LogP contribution in [0.2, 0.25) is 0 Å². The van der Waals surface area contributed by atoms with Crippen molar-refractivity contribution < 1.29 is 14.1 Å². The molecule has 0 fully saturated rings. The van der Waals surface area contributed by atoms with E-state index in [0.717, 1.165) is 0 Å². The number of aromatic nitrogens is 1. The van der Waals surface area contributed by atoms with Crippen LogP contribution >= 0.6 is 0 Å². The number of amides is 1. The quantitative estimate of drug-likeness (QED) is 0.603. The molecule has 0 aliphatic heterocycles. The second kappa shape index (κ2) is 4.70. The summed E-state index contributed by atoms with van der Waals surface area (Å²) in [7, 11) is 0. The minimum absolute atomic E-state index is 0.0673. The van der Waals surface area contributed by atoms with Gasteiger partial charge in [0, 0.05) is 19.0 Å². The van der Waals surface area contributed by atoms with Gasteiger partial charge in [-0.15, -0.1) is 0 Å². The monoisotopic (exact) mass is 250 g/mol. The Morgan fingerprint density at radius 1 is 1.56 bits per heavy atom. The Bertz CT molecular complexity index is 607. The van der Waals surface area contributed by atoms with Crippen LogP contribution in [0, 0.1) is 10.1 Å². The molecule has 1 heterocycles. The number of hydrogen-bond donors (Lipinski definition) is 2. The molecule has 0 atom stereocenters. The molecule has 0 saturated heterocycles. The number of nitro benzene ring substituents is 1. The summed E-state index contributed by atoms with van der Waals surface area (Å²) in [6, 6.07) is 4.34. The molecule has 1 aromatic heterocycles. The Hall–Kier alpha value is -2.64. The number of non-ortho nitro benzene ring substituents is 1. The highest BCUT2D eigenvalue weighted by Gasteiger charge is 2.11. The van der Waals surface area contributed by atoms with Crippen LogP contribution < -0.4 is 11.1 Å². The van der Waals surface area contributed by atoms with E-state index in [9.17, 15) is 14.9 Å². The summed E-state index contributed by atoms with van der Waals surface area (Å²) in [4.78, 5) is 24.7. The predicted octanol–water partition coefficient (Wildman–Crippen LogP) is 1.02. The van der Waals surface area contributed by atoms with Crippen molar-refractivity contribution in [3.05, 3.63) is 28.3 Å². The molecule has 0 saturated carbocycles. The lowest BCUT2D eigenvalue weighted by molar-refractivity contribution is -0.384. The number of benzene rings is 1. The maximum Gasteiger partial charge on any atom is 0.295 e. The van der Waals surface area contributed by atoms with E-state index in [0.29, 0.717) is 17.6 Å². The van der Waals surface area contributed by atoms with Crippen LogP contribution in [-0.4, -0.2) is 22.4 Å². The third kappa shape index (κ3) is 2.54. The smallest absolute Gasteiger partial charge is 0.295 e. The van der Waals surface area contributed by atoms with E-state index in [-0.39, 0.29) is 18.1 Å². The van der Waals surface area contributed by atoms with Crippen molar-refractivity contribution in [1.29, 1.82) is 0 Å². The van der Waals surface area contributed by atoms with E-state index >= 15 is 0 Å². The van der Waals surface area contributed by atoms with E-state index in [4.69, 9.17) is 10.2 Å². The fourth-order valence-electron chi connectivity index (χ4n) is 1.40. The third-order valence-electron chi connectivity index (χ3n) is 2.23. The summed E-state index contributed by atoms with van der Waals surface area (Å²) in [6.07, 6.45) is 0.152. The number of oxazole rings is 1. The van der Waals surface area contributed by atoms with Crippen LogP contribution in [0.15, 0.2) is 22.6 Å². The lowest BCUT2D eigenvalue weighted by Gasteiger charge is -1.96. The number of nitrogens with one attached hydrogen (secondary N) is 1. The number of nitro groups is 1. The molecule has 8 nitrogen and oxygen atoms in total. The maximum atomic E-state index is 10.6. The van der Waals surface area contributed by atoms with Crippen LogP contribution in [0.3, 0.4) is 0 Å². The number of nitrogens with two attached hydrogens (primary N) is 1. The molecule has 0 bridgehead atoms. The normalized spacial score (nSPS) is 10.4. The van der Waals surface area contributed by atoms with Crippen molar-refractivity contribution in [1.82, 2.24) is 4.98 Å². The molecule has 1 aromatic carbocycles. The Morgan fingerprint density at radius 3 is 3.00 bits per heavy atom. The van der Waals surface area contributed by atoms with Gasteiger partial charge < -0.3 is 15.5 Å². The highest BCUT2D eigenvalue weighted by atomic mass is 16.6. The molecule has 3 N–H and O–H groups in total. The van der Waals surface area contributed by atoms with Gasteiger partial charge in [0.25, 0.3) is 11.7 Å². The minimum atomic E-state index is -0.512. The third-order valence-corrected chi connectivity index (χ3v) is 2.23. The van der Waals surface area contributed by atoms with Gasteiger partial charge in [0.1, 0.15) is 5.52 Å². The first kappa shape index (κ1) is 11.8. The molecule has 1 amide bonds. The van der Waals surface area contributed by atoms with Crippen LogP contribution in [0.5, 0.6) is 0 Å². The van der Waals surface area contributed by atoms with Crippen LogP contribution in [0.1, 0.15) is 6.42 Å². The average Bonchev–Trinajstić information content (AvgIpc) is 2.69. The molecular formula is C10H10N4O4. The number of fused-ring (bicyclic) bond motifs is 1. The van der Waals surface area contributed by atoms with Crippen molar-refractivity contribution >= 4 is 28.7 Å². The molecule has 0 unspecified atom stereocenters. The summed E-state index contributed by atoms with van der Waals surface area (Å²) in [5.74, 6) is -0.436. The molecule has 2 rings (SSSR count). The van der Waals surface area contributed by atoms with Gasteiger partial charge in [0.05, 0.1) is 11.0 Å². The van der Waals surface area contributed by atoms with Crippen LogP contribution in [-0.2, 0) is 4.79 Å². The number of carbonyl (C=O) groups excluding carboxylic acids is 1. The summed E-state index contributed by atoms with van der Waals surface area (Å²) < 4.78 is 5.26. The van der Waals surface area contributed by atoms with Crippen molar-refractivity contribution in [2.75, 3.05) is 11.9 Å². The Kier molecular flexibility index (Phi) is 3.09. The highest BCUT2D eigenvalue weighted by Crippen LogP contribution is 2.23. The van der Waals surface area contributed by atoms with Crippen molar-refractivity contribution in [2.45, 2.75) is 6.42 Å². The second-order valence-electron chi connectivity index (χ2n) is 3.57. The lowest BCUT2D eigenvalue weighted by atomic mass is 10.3. The number of hydrogen-bond acceptors (Lipinski definition) is 6. The lowest BCUT2D eigenvalue weighted by Crippen LogP contribution is -2.15. The van der Waals surface area contributed by atoms with E-state index in [2.05, 4.69) is 10.3 Å². The highest BCUT2D eigenvalue weighted by molar-refractivity contribution is 5.77. The molecular weight excluding hydrogens is 240 g/mol. The molecule has 0 radical (unpaired) electrons. The van der Waals surface area contributed by atoms with Gasteiger partial charge in [-0.05, 0) is 6.07 Å². The molecule has 94 valence electrons. The Morgan fingerprint density at radius 2 is 2.33 bits per heavy atom. The van der Waals surface area contributed by atoms with Gasteiger partial charge in [-0.3, -0.25) is 14.9 Å². The average molecular weight is 250 g/mol. The van der Waals surface area contributed by atoms with Crippen molar-refractivity contribution in [3.8, 4) is 0 Å². The topological polar surface area (TPSA) is 124 Å². The first-order chi connectivity index (χ1) is 8.56. The zero-order chi connectivity index (χ0) is 13.1. The van der Waals surface area contributed by atoms with Gasteiger partial charge in [-0.1, -0.05) is 0 Å². The molecule has 8 heteroatoms. The van der Waals surface area contributed by atoms with E-state index in [1.165, 1.54) is 18.2 Å². The number of rotatable bonds is 5. The number of carbonyl (C=O) groups is 1. The number of primary amides is 1. The van der Waals surface area contributed by atoms with Crippen LogP contribution in [0.25, 0.3) is 11.1 Å². The molecule has 18 heavy (non-hydrogen) atoms. The fraction of sp³-hybridized carbons (Fsp3) is 0.200. The van der Waals surface area contributed by atoms with Crippen LogP contribution in [0.4, 0.5) is 11.7 Å². The summed E-state index contributed by atoms with van der Waals surface area (Å²) in [6.45, 7) is 0.296.